The molecule has 0 aliphatic rings. The third kappa shape index (κ3) is 4.83. The van der Waals surface area contributed by atoms with E-state index < -0.39 is 19.0 Å². The zero-order chi connectivity index (χ0) is 14.5. The molecule has 0 unspecified atom stereocenters. The van der Waals surface area contributed by atoms with Gasteiger partial charge in [0.05, 0.1) is 5.02 Å². The molecule has 0 aliphatic carbocycles. The van der Waals surface area contributed by atoms with Crippen LogP contribution in [-0.4, -0.2) is 30.5 Å². The van der Waals surface area contributed by atoms with Gasteiger partial charge < -0.3 is 10.1 Å². The van der Waals surface area contributed by atoms with Gasteiger partial charge in [-0.25, -0.2) is 13.8 Å². The minimum atomic E-state index is -4.21. The highest BCUT2D eigenvalue weighted by Gasteiger charge is 2.41. The molecular weight excluding hydrogens is 288 g/mol. The zero-order valence-corrected chi connectivity index (χ0v) is 10.9. The van der Waals surface area contributed by atoms with Gasteiger partial charge in [0, 0.05) is 18.8 Å². The summed E-state index contributed by atoms with van der Waals surface area (Å²) < 4.78 is 53.8. The lowest BCUT2D eigenvalue weighted by Gasteiger charge is -2.16. The Bertz CT molecular complexity index is 418. The molecule has 1 rings (SSSR count). The summed E-state index contributed by atoms with van der Waals surface area (Å²) in [7, 11) is 0. The number of pyridine rings is 1. The van der Waals surface area contributed by atoms with Gasteiger partial charge in [-0.2, -0.15) is 8.78 Å². The minimum Gasteiger partial charge on any atom is -0.471 e. The Kier molecular flexibility index (Phi) is 5.81. The minimum absolute atomic E-state index is 0.169. The molecule has 108 valence electrons. The third-order valence-corrected chi connectivity index (χ3v) is 2.55. The van der Waals surface area contributed by atoms with Gasteiger partial charge in [0.25, 0.3) is 0 Å². The molecule has 1 aromatic rings. The van der Waals surface area contributed by atoms with Crippen LogP contribution in [-0.2, 0) is 6.54 Å². The van der Waals surface area contributed by atoms with Crippen LogP contribution in [0.25, 0.3) is 0 Å². The second-order valence-electron chi connectivity index (χ2n) is 3.74. The number of rotatable bonds is 7. The first kappa shape index (κ1) is 16.0. The summed E-state index contributed by atoms with van der Waals surface area (Å²) in [5.74, 6) is -4.37. The maximum Gasteiger partial charge on any atom is 0.340 e. The summed E-state index contributed by atoms with van der Waals surface area (Å²) in [5, 5.41) is 3.33. The van der Waals surface area contributed by atoms with Crippen LogP contribution in [0.2, 0.25) is 5.02 Å². The predicted octanol–water partition coefficient (Wildman–Crippen LogP) is 3.12. The Hall–Kier alpha value is -1.08. The highest BCUT2D eigenvalue weighted by atomic mass is 35.5. The van der Waals surface area contributed by atoms with Gasteiger partial charge in [0.2, 0.25) is 5.88 Å². The molecule has 0 aliphatic heterocycles. The Balaban J connectivity index is 2.69. The van der Waals surface area contributed by atoms with E-state index in [2.05, 4.69) is 15.0 Å². The Morgan fingerprint density at radius 2 is 2.16 bits per heavy atom. The van der Waals surface area contributed by atoms with Crippen molar-refractivity contribution in [2.75, 3.05) is 13.2 Å². The van der Waals surface area contributed by atoms with Crippen LogP contribution < -0.4 is 10.1 Å². The van der Waals surface area contributed by atoms with Crippen LogP contribution in [0.3, 0.4) is 0 Å². The van der Waals surface area contributed by atoms with Crippen molar-refractivity contribution in [2.24, 2.45) is 0 Å². The summed E-state index contributed by atoms with van der Waals surface area (Å²) in [6.07, 6.45) is -2.55. The molecule has 0 bridgehead atoms. The first-order chi connectivity index (χ1) is 8.86. The fourth-order valence-electron chi connectivity index (χ4n) is 1.17. The highest BCUT2D eigenvalue weighted by Crippen LogP contribution is 2.25. The summed E-state index contributed by atoms with van der Waals surface area (Å²) in [6, 6.07) is 1.34. The Morgan fingerprint density at radius 3 is 2.74 bits per heavy atom. The molecular formula is C11H13ClF4N2O. The second kappa shape index (κ2) is 6.91. The van der Waals surface area contributed by atoms with E-state index in [1.807, 2.05) is 6.92 Å². The van der Waals surface area contributed by atoms with E-state index in [1.165, 1.54) is 12.3 Å². The van der Waals surface area contributed by atoms with Crippen molar-refractivity contribution < 1.29 is 22.3 Å². The van der Waals surface area contributed by atoms with E-state index in [0.29, 0.717) is 23.7 Å². The molecule has 8 heteroatoms. The Labute approximate surface area is 112 Å². The van der Waals surface area contributed by atoms with Crippen molar-refractivity contribution in [1.29, 1.82) is 0 Å². The fourth-order valence-corrected chi connectivity index (χ4v) is 1.34. The molecule has 1 heterocycles. The smallest absolute Gasteiger partial charge is 0.340 e. The van der Waals surface area contributed by atoms with Crippen LogP contribution in [0.4, 0.5) is 17.6 Å². The topological polar surface area (TPSA) is 34.1 Å². The van der Waals surface area contributed by atoms with Crippen LogP contribution in [0, 0.1) is 0 Å². The molecule has 0 radical (unpaired) electrons. The largest absolute Gasteiger partial charge is 0.471 e. The van der Waals surface area contributed by atoms with Gasteiger partial charge in [0.1, 0.15) is 0 Å². The average molecular weight is 301 g/mol. The maximum atomic E-state index is 12.7. The van der Waals surface area contributed by atoms with Gasteiger partial charge in [0.15, 0.2) is 6.61 Å². The maximum absolute atomic E-state index is 12.7. The fraction of sp³-hybridized carbons (Fsp3) is 0.545. The number of ether oxygens (including phenoxy) is 1. The number of halogens is 5. The molecule has 0 saturated heterocycles. The third-order valence-electron chi connectivity index (χ3n) is 2.21. The van der Waals surface area contributed by atoms with Crippen LogP contribution in [0.1, 0.15) is 12.5 Å². The van der Waals surface area contributed by atoms with E-state index in [9.17, 15) is 17.6 Å². The zero-order valence-electron chi connectivity index (χ0n) is 10.1. The number of hydrogen-bond acceptors (Lipinski definition) is 3. The first-order valence-electron chi connectivity index (χ1n) is 5.50. The lowest BCUT2D eigenvalue weighted by molar-refractivity contribution is -0.148. The summed E-state index contributed by atoms with van der Waals surface area (Å²) >= 11 is 5.85. The lowest BCUT2D eigenvalue weighted by atomic mass is 10.2. The van der Waals surface area contributed by atoms with Gasteiger partial charge in [-0.1, -0.05) is 18.5 Å². The molecule has 1 N–H and O–H groups in total. The highest BCUT2D eigenvalue weighted by molar-refractivity contribution is 6.31. The summed E-state index contributed by atoms with van der Waals surface area (Å²) in [4.78, 5) is 3.65. The van der Waals surface area contributed by atoms with E-state index in [0.717, 1.165) is 0 Å². The summed E-state index contributed by atoms with van der Waals surface area (Å²) in [6.45, 7) is 1.55. The molecule has 1 aromatic heterocycles. The van der Waals surface area contributed by atoms with E-state index >= 15 is 0 Å². The lowest BCUT2D eigenvalue weighted by Crippen LogP contribution is -2.33. The van der Waals surface area contributed by atoms with E-state index in [4.69, 9.17) is 11.6 Å². The van der Waals surface area contributed by atoms with Crippen LogP contribution in [0.5, 0.6) is 5.88 Å². The first-order valence-corrected chi connectivity index (χ1v) is 5.88. The Morgan fingerprint density at radius 1 is 1.47 bits per heavy atom. The number of nitrogens with one attached hydrogen (secondary N) is 1. The normalized spacial score (nSPS) is 11.9. The van der Waals surface area contributed by atoms with Gasteiger partial charge in [-0.3, -0.25) is 0 Å². The van der Waals surface area contributed by atoms with Gasteiger partial charge in [-0.15, -0.1) is 0 Å². The van der Waals surface area contributed by atoms with E-state index in [-0.39, 0.29) is 5.88 Å². The van der Waals surface area contributed by atoms with Crippen molar-refractivity contribution in [3.8, 4) is 5.88 Å². The molecule has 3 nitrogen and oxygen atoms in total. The van der Waals surface area contributed by atoms with Crippen molar-refractivity contribution in [1.82, 2.24) is 10.3 Å². The molecule has 0 amide bonds. The number of aromatic nitrogens is 1. The standard InChI is InChI=1S/C11H13ClF4N2O/c1-2-17-4-7-3-9(18-5-8(7)12)19-6-11(15,16)10(13)14/h3,5,10,17H,2,4,6H2,1H3. The predicted molar refractivity (Wildman–Crippen MR) is 63.1 cm³/mol. The van der Waals surface area contributed by atoms with Crippen molar-refractivity contribution >= 4 is 11.6 Å². The summed E-state index contributed by atoms with van der Waals surface area (Å²) in [5.41, 5.74) is 0.592. The van der Waals surface area contributed by atoms with Crippen LogP contribution in [0.15, 0.2) is 12.3 Å². The van der Waals surface area contributed by atoms with Crippen molar-refractivity contribution in [3.05, 3.63) is 22.8 Å². The quantitative estimate of drug-likeness (QED) is 0.786. The van der Waals surface area contributed by atoms with Crippen LogP contribution >= 0.6 is 11.6 Å². The second-order valence-corrected chi connectivity index (χ2v) is 4.15. The van der Waals surface area contributed by atoms with E-state index in [1.54, 1.807) is 0 Å². The molecule has 0 saturated carbocycles. The van der Waals surface area contributed by atoms with Crippen molar-refractivity contribution in [2.45, 2.75) is 25.8 Å². The molecule has 19 heavy (non-hydrogen) atoms. The number of alkyl halides is 4. The monoisotopic (exact) mass is 300 g/mol. The molecule has 0 spiro atoms. The number of hydrogen-bond donors (Lipinski definition) is 1. The van der Waals surface area contributed by atoms with Gasteiger partial charge >= 0.3 is 12.3 Å². The average Bonchev–Trinajstić information content (AvgIpc) is 2.36. The number of nitrogens with zero attached hydrogens (tertiary/aromatic N) is 1. The van der Waals surface area contributed by atoms with Gasteiger partial charge in [-0.05, 0) is 12.1 Å². The SMILES string of the molecule is CCNCc1cc(OCC(F)(F)C(F)F)ncc1Cl. The molecule has 0 aromatic carbocycles. The molecule has 0 atom stereocenters. The van der Waals surface area contributed by atoms with Crippen molar-refractivity contribution in [3.63, 3.8) is 0 Å². The molecule has 0 fully saturated rings.